The SMILES string of the molecule is CCC(C)(C)c1nc(C2CC2)no1. The van der Waals surface area contributed by atoms with Gasteiger partial charge in [-0.3, -0.25) is 0 Å². The van der Waals surface area contributed by atoms with E-state index in [-0.39, 0.29) is 5.41 Å². The largest absolute Gasteiger partial charge is 0.339 e. The van der Waals surface area contributed by atoms with Crippen LogP contribution in [-0.2, 0) is 5.41 Å². The van der Waals surface area contributed by atoms with Gasteiger partial charge in [-0.25, -0.2) is 0 Å². The van der Waals surface area contributed by atoms with Gasteiger partial charge >= 0.3 is 0 Å². The summed E-state index contributed by atoms with van der Waals surface area (Å²) in [7, 11) is 0. The Morgan fingerprint density at radius 3 is 2.69 bits per heavy atom. The highest BCUT2D eigenvalue weighted by molar-refractivity contribution is 5.07. The van der Waals surface area contributed by atoms with E-state index < -0.39 is 0 Å². The summed E-state index contributed by atoms with van der Waals surface area (Å²) >= 11 is 0. The van der Waals surface area contributed by atoms with Gasteiger partial charge in [0.05, 0.1) is 0 Å². The van der Waals surface area contributed by atoms with Gasteiger partial charge in [0, 0.05) is 11.3 Å². The molecule has 0 saturated heterocycles. The van der Waals surface area contributed by atoms with Crippen molar-refractivity contribution in [3.8, 4) is 0 Å². The Kier molecular flexibility index (Phi) is 1.90. The first-order valence-electron chi connectivity index (χ1n) is 4.97. The Balaban J connectivity index is 2.20. The minimum absolute atomic E-state index is 0.0279. The van der Waals surface area contributed by atoms with Crippen LogP contribution in [0.15, 0.2) is 4.52 Å². The molecule has 0 amide bonds. The Morgan fingerprint density at radius 1 is 1.46 bits per heavy atom. The van der Waals surface area contributed by atoms with Gasteiger partial charge in [0.25, 0.3) is 0 Å². The van der Waals surface area contributed by atoms with Crippen LogP contribution in [0.3, 0.4) is 0 Å². The molecule has 1 heterocycles. The summed E-state index contributed by atoms with van der Waals surface area (Å²) in [4.78, 5) is 4.44. The Labute approximate surface area is 78.5 Å². The van der Waals surface area contributed by atoms with E-state index >= 15 is 0 Å². The molecule has 0 aromatic carbocycles. The van der Waals surface area contributed by atoms with Gasteiger partial charge in [-0.05, 0) is 19.3 Å². The standard InChI is InChI=1S/C10H16N2O/c1-4-10(2,3)9-11-8(12-13-9)7-5-6-7/h7H,4-6H2,1-3H3. The molecule has 1 aromatic heterocycles. The monoisotopic (exact) mass is 180 g/mol. The minimum Gasteiger partial charge on any atom is -0.339 e. The lowest BCUT2D eigenvalue weighted by Crippen LogP contribution is -2.15. The molecule has 1 aliphatic carbocycles. The van der Waals surface area contributed by atoms with E-state index in [4.69, 9.17) is 4.52 Å². The third-order valence-corrected chi connectivity index (χ3v) is 2.85. The average Bonchev–Trinajstić information content (AvgIpc) is 2.83. The quantitative estimate of drug-likeness (QED) is 0.717. The molecule has 0 radical (unpaired) electrons. The summed E-state index contributed by atoms with van der Waals surface area (Å²) in [6.45, 7) is 6.41. The van der Waals surface area contributed by atoms with Crippen LogP contribution < -0.4 is 0 Å². The molecule has 0 aliphatic heterocycles. The fourth-order valence-corrected chi connectivity index (χ4v) is 1.17. The smallest absolute Gasteiger partial charge is 0.232 e. The van der Waals surface area contributed by atoms with E-state index in [9.17, 15) is 0 Å². The molecular weight excluding hydrogens is 164 g/mol. The molecule has 3 nitrogen and oxygen atoms in total. The molecule has 0 N–H and O–H groups in total. The van der Waals surface area contributed by atoms with Crippen LogP contribution in [-0.4, -0.2) is 10.1 Å². The highest BCUT2D eigenvalue weighted by atomic mass is 16.5. The van der Waals surface area contributed by atoms with Crippen molar-refractivity contribution in [2.75, 3.05) is 0 Å². The highest BCUT2D eigenvalue weighted by Crippen LogP contribution is 2.39. The molecule has 1 aliphatic rings. The molecule has 1 aromatic rings. The first-order valence-corrected chi connectivity index (χ1v) is 4.97. The van der Waals surface area contributed by atoms with E-state index in [1.165, 1.54) is 12.8 Å². The van der Waals surface area contributed by atoms with Crippen molar-refractivity contribution in [1.29, 1.82) is 0 Å². The van der Waals surface area contributed by atoms with Crippen LogP contribution in [0.5, 0.6) is 0 Å². The van der Waals surface area contributed by atoms with E-state index in [1.807, 2.05) is 0 Å². The van der Waals surface area contributed by atoms with Crippen LogP contribution >= 0.6 is 0 Å². The molecule has 2 rings (SSSR count). The van der Waals surface area contributed by atoms with E-state index in [0.717, 1.165) is 18.1 Å². The zero-order valence-electron chi connectivity index (χ0n) is 8.50. The van der Waals surface area contributed by atoms with Gasteiger partial charge < -0.3 is 4.52 Å². The van der Waals surface area contributed by atoms with Crippen molar-refractivity contribution in [1.82, 2.24) is 10.1 Å². The third kappa shape index (κ3) is 1.60. The van der Waals surface area contributed by atoms with Crippen molar-refractivity contribution in [2.24, 2.45) is 0 Å². The Bertz CT molecular complexity index is 300. The molecule has 3 heteroatoms. The van der Waals surface area contributed by atoms with Crippen LogP contribution in [0.25, 0.3) is 0 Å². The Hall–Kier alpha value is -0.860. The second-order valence-electron chi connectivity index (χ2n) is 4.47. The summed E-state index contributed by atoms with van der Waals surface area (Å²) in [6.07, 6.45) is 3.48. The molecule has 0 unspecified atom stereocenters. The van der Waals surface area contributed by atoms with Crippen LogP contribution in [0.4, 0.5) is 0 Å². The van der Waals surface area contributed by atoms with Crippen LogP contribution in [0, 0.1) is 0 Å². The summed E-state index contributed by atoms with van der Waals surface area (Å²) in [6, 6.07) is 0. The van der Waals surface area contributed by atoms with Gasteiger partial charge in [0.2, 0.25) is 5.89 Å². The zero-order chi connectivity index (χ0) is 9.47. The lowest BCUT2D eigenvalue weighted by atomic mass is 9.90. The van der Waals surface area contributed by atoms with Gasteiger partial charge in [-0.15, -0.1) is 0 Å². The van der Waals surface area contributed by atoms with E-state index in [2.05, 4.69) is 30.9 Å². The molecule has 13 heavy (non-hydrogen) atoms. The first kappa shape index (κ1) is 8.73. The number of hydrogen-bond donors (Lipinski definition) is 0. The van der Waals surface area contributed by atoms with Crippen LogP contribution in [0.2, 0.25) is 0 Å². The van der Waals surface area contributed by atoms with Gasteiger partial charge in [0.1, 0.15) is 0 Å². The zero-order valence-corrected chi connectivity index (χ0v) is 8.50. The molecular formula is C10H16N2O. The molecule has 1 fully saturated rings. The molecule has 72 valence electrons. The summed E-state index contributed by atoms with van der Waals surface area (Å²) in [5, 5.41) is 4.01. The van der Waals surface area contributed by atoms with Crippen molar-refractivity contribution in [3.63, 3.8) is 0 Å². The van der Waals surface area contributed by atoms with Crippen molar-refractivity contribution in [3.05, 3.63) is 11.7 Å². The molecule has 0 bridgehead atoms. The third-order valence-electron chi connectivity index (χ3n) is 2.85. The summed E-state index contributed by atoms with van der Waals surface area (Å²) < 4.78 is 5.26. The number of rotatable bonds is 3. The maximum Gasteiger partial charge on any atom is 0.232 e. The van der Waals surface area contributed by atoms with E-state index in [1.54, 1.807) is 0 Å². The molecule has 1 saturated carbocycles. The van der Waals surface area contributed by atoms with Crippen molar-refractivity contribution < 1.29 is 4.52 Å². The maximum atomic E-state index is 5.26. The summed E-state index contributed by atoms with van der Waals surface area (Å²) in [5.41, 5.74) is 0.0279. The summed E-state index contributed by atoms with van der Waals surface area (Å²) in [5.74, 6) is 2.29. The second kappa shape index (κ2) is 2.82. The lowest BCUT2D eigenvalue weighted by Gasteiger charge is -2.15. The van der Waals surface area contributed by atoms with Crippen molar-refractivity contribution >= 4 is 0 Å². The minimum atomic E-state index is 0.0279. The number of hydrogen-bond acceptors (Lipinski definition) is 3. The molecule has 0 atom stereocenters. The van der Waals surface area contributed by atoms with Gasteiger partial charge in [0.15, 0.2) is 5.82 Å². The van der Waals surface area contributed by atoms with Crippen molar-refractivity contribution in [2.45, 2.75) is 51.4 Å². The second-order valence-corrected chi connectivity index (χ2v) is 4.47. The number of aromatic nitrogens is 2. The Morgan fingerprint density at radius 2 is 2.15 bits per heavy atom. The van der Waals surface area contributed by atoms with Crippen LogP contribution in [0.1, 0.15) is 57.7 Å². The number of nitrogens with zero attached hydrogens (tertiary/aromatic N) is 2. The predicted octanol–water partition coefficient (Wildman–Crippen LogP) is 2.63. The predicted molar refractivity (Wildman–Crippen MR) is 49.6 cm³/mol. The maximum absolute atomic E-state index is 5.26. The average molecular weight is 180 g/mol. The highest BCUT2D eigenvalue weighted by Gasteiger charge is 2.32. The van der Waals surface area contributed by atoms with E-state index in [0.29, 0.717) is 5.92 Å². The fraction of sp³-hybridized carbons (Fsp3) is 0.800. The van der Waals surface area contributed by atoms with Gasteiger partial charge in [-0.1, -0.05) is 25.9 Å². The first-order chi connectivity index (χ1) is 6.13. The fourth-order valence-electron chi connectivity index (χ4n) is 1.17. The lowest BCUT2D eigenvalue weighted by molar-refractivity contribution is 0.300. The van der Waals surface area contributed by atoms with Gasteiger partial charge in [-0.2, -0.15) is 4.98 Å². The normalized spacial score (nSPS) is 17.8. The molecule has 0 spiro atoms. The topological polar surface area (TPSA) is 38.9 Å².